The van der Waals surface area contributed by atoms with Gasteiger partial charge in [-0.15, -0.1) is 11.6 Å². The van der Waals surface area contributed by atoms with Crippen LogP contribution in [0.15, 0.2) is 36.4 Å². The maximum atomic E-state index is 6.08. The van der Waals surface area contributed by atoms with Crippen LogP contribution in [0.4, 0.5) is 11.5 Å². The molecule has 1 aromatic carbocycles. The van der Waals surface area contributed by atoms with Gasteiger partial charge in [-0.1, -0.05) is 39.0 Å². The molecule has 0 amide bonds. The molecule has 2 aromatic rings. The van der Waals surface area contributed by atoms with Crippen LogP contribution in [0, 0.1) is 0 Å². The summed E-state index contributed by atoms with van der Waals surface area (Å²) in [4.78, 5) is 7.21. The average molecular weight is 301 g/mol. The van der Waals surface area contributed by atoms with E-state index < -0.39 is 0 Å². The number of alkyl halides is 1. The molecule has 1 aliphatic rings. The summed E-state index contributed by atoms with van der Waals surface area (Å²) in [5, 5.41) is 0. The number of fused-ring (bicyclic) bond motifs is 1. The predicted molar refractivity (Wildman–Crippen MR) is 89.6 cm³/mol. The summed E-state index contributed by atoms with van der Waals surface area (Å²) >= 11 is 6.08. The molecule has 0 spiro atoms. The van der Waals surface area contributed by atoms with Crippen LogP contribution in [-0.4, -0.2) is 11.5 Å². The largest absolute Gasteiger partial charge is 0.326 e. The molecule has 2 nitrogen and oxygen atoms in total. The molecular weight excluding hydrogens is 280 g/mol. The van der Waals surface area contributed by atoms with Crippen molar-refractivity contribution in [3.63, 3.8) is 0 Å². The quantitative estimate of drug-likeness (QED) is 0.740. The van der Waals surface area contributed by atoms with E-state index in [1.807, 2.05) is 0 Å². The van der Waals surface area contributed by atoms with Crippen molar-refractivity contribution in [3.05, 3.63) is 53.2 Å². The molecule has 3 heteroatoms. The molecule has 0 aliphatic carbocycles. The lowest BCUT2D eigenvalue weighted by Crippen LogP contribution is -2.19. The van der Waals surface area contributed by atoms with Crippen molar-refractivity contribution in [2.45, 2.75) is 38.5 Å². The molecule has 0 atom stereocenters. The topological polar surface area (TPSA) is 16.1 Å². The Morgan fingerprint density at radius 3 is 2.67 bits per heavy atom. The van der Waals surface area contributed by atoms with Gasteiger partial charge in [0, 0.05) is 29.2 Å². The third-order valence-corrected chi connectivity index (χ3v) is 4.27. The fourth-order valence-corrected chi connectivity index (χ4v) is 2.90. The molecule has 0 fully saturated rings. The number of nitrogens with zero attached hydrogens (tertiary/aromatic N) is 2. The molecule has 0 N–H and O–H groups in total. The third kappa shape index (κ3) is 2.77. The summed E-state index contributed by atoms with van der Waals surface area (Å²) in [5.41, 5.74) is 4.93. The molecule has 3 rings (SSSR count). The smallest absolute Gasteiger partial charge is 0.133 e. The zero-order valence-electron chi connectivity index (χ0n) is 12.9. The Labute approximate surface area is 131 Å². The number of rotatable bonds is 2. The number of para-hydroxylation sites is 1. The van der Waals surface area contributed by atoms with Crippen molar-refractivity contribution in [3.8, 4) is 0 Å². The average Bonchev–Trinajstić information content (AvgIpc) is 2.89. The molecule has 1 aromatic heterocycles. The molecule has 0 unspecified atom stereocenters. The molecule has 110 valence electrons. The zero-order valence-corrected chi connectivity index (χ0v) is 13.6. The molecule has 1 aliphatic heterocycles. The highest BCUT2D eigenvalue weighted by molar-refractivity contribution is 6.17. The van der Waals surface area contributed by atoms with E-state index in [-0.39, 0.29) is 5.41 Å². The van der Waals surface area contributed by atoms with Gasteiger partial charge in [-0.2, -0.15) is 0 Å². The van der Waals surface area contributed by atoms with E-state index in [4.69, 9.17) is 16.6 Å². The van der Waals surface area contributed by atoms with E-state index in [2.05, 4.69) is 62.1 Å². The first-order chi connectivity index (χ1) is 9.99. The second-order valence-corrected chi connectivity index (χ2v) is 6.90. The minimum absolute atomic E-state index is 0.0239. The van der Waals surface area contributed by atoms with Gasteiger partial charge >= 0.3 is 0 Å². The van der Waals surface area contributed by atoms with Gasteiger partial charge in [-0.3, -0.25) is 0 Å². The lowest BCUT2D eigenvalue weighted by molar-refractivity contribution is 0.568. The van der Waals surface area contributed by atoms with Crippen LogP contribution < -0.4 is 4.90 Å². The summed E-state index contributed by atoms with van der Waals surface area (Å²) in [7, 11) is 0. The Bertz CT molecular complexity index is 659. The Balaban J connectivity index is 2.07. The number of hydrogen-bond donors (Lipinski definition) is 0. The summed E-state index contributed by atoms with van der Waals surface area (Å²) in [6, 6.07) is 12.8. The third-order valence-electron chi connectivity index (χ3n) is 3.96. The van der Waals surface area contributed by atoms with E-state index in [0.717, 1.165) is 30.0 Å². The minimum Gasteiger partial charge on any atom is -0.326 e. The summed E-state index contributed by atoms with van der Waals surface area (Å²) in [6.45, 7) is 7.56. The van der Waals surface area contributed by atoms with Crippen LogP contribution in [0.1, 0.15) is 37.6 Å². The molecule has 2 heterocycles. The maximum Gasteiger partial charge on any atom is 0.133 e. The van der Waals surface area contributed by atoms with E-state index >= 15 is 0 Å². The van der Waals surface area contributed by atoms with Crippen LogP contribution in [0.5, 0.6) is 0 Å². The number of anilines is 2. The first-order valence-corrected chi connectivity index (χ1v) is 7.95. The van der Waals surface area contributed by atoms with E-state index in [0.29, 0.717) is 5.88 Å². The van der Waals surface area contributed by atoms with Crippen LogP contribution in [0.2, 0.25) is 0 Å². The highest BCUT2D eigenvalue weighted by Gasteiger charge is 2.23. The van der Waals surface area contributed by atoms with Gasteiger partial charge in [0.15, 0.2) is 0 Å². The first-order valence-electron chi connectivity index (χ1n) is 7.42. The van der Waals surface area contributed by atoms with Crippen molar-refractivity contribution in [1.82, 2.24) is 4.98 Å². The van der Waals surface area contributed by atoms with Crippen LogP contribution in [-0.2, 0) is 17.7 Å². The summed E-state index contributed by atoms with van der Waals surface area (Å²) in [5.74, 6) is 1.54. The first kappa shape index (κ1) is 14.4. The minimum atomic E-state index is 0.0239. The SMILES string of the molecule is CC(C)(C)c1cc(CCl)cc(N2CCc3ccccc32)n1. The Kier molecular flexibility index (Phi) is 3.66. The second-order valence-electron chi connectivity index (χ2n) is 6.63. The lowest BCUT2D eigenvalue weighted by atomic mass is 9.91. The zero-order chi connectivity index (χ0) is 15.0. The number of aromatic nitrogens is 1. The number of halogens is 1. The predicted octanol–water partition coefficient (Wildman–Crippen LogP) is 4.81. The Morgan fingerprint density at radius 2 is 1.95 bits per heavy atom. The fourth-order valence-electron chi connectivity index (χ4n) is 2.75. The molecule has 0 saturated heterocycles. The van der Waals surface area contributed by atoms with Gasteiger partial charge in [0.25, 0.3) is 0 Å². The number of pyridine rings is 1. The monoisotopic (exact) mass is 300 g/mol. The molecular formula is C18H21ClN2. The van der Waals surface area contributed by atoms with Crippen molar-refractivity contribution < 1.29 is 0 Å². The fraction of sp³-hybridized carbons (Fsp3) is 0.389. The molecule has 0 saturated carbocycles. The van der Waals surface area contributed by atoms with Gasteiger partial charge in [0.2, 0.25) is 0 Å². The van der Waals surface area contributed by atoms with E-state index in [1.165, 1.54) is 11.3 Å². The number of hydrogen-bond acceptors (Lipinski definition) is 2. The van der Waals surface area contributed by atoms with Gasteiger partial charge in [0.05, 0.1) is 0 Å². The van der Waals surface area contributed by atoms with Gasteiger partial charge < -0.3 is 4.90 Å². The highest BCUT2D eigenvalue weighted by Crippen LogP contribution is 2.35. The second kappa shape index (κ2) is 5.34. The summed E-state index contributed by atoms with van der Waals surface area (Å²) in [6.07, 6.45) is 1.08. The van der Waals surface area contributed by atoms with Crippen LogP contribution in [0.3, 0.4) is 0 Å². The molecule has 0 bridgehead atoms. The van der Waals surface area contributed by atoms with Crippen molar-refractivity contribution in [1.29, 1.82) is 0 Å². The number of benzene rings is 1. The van der Waals surface area contributed by atoms with E-state index in [1.54, 1.807) is 0 Å². The maximum absolute atomic E-state index is 6.08. The molecule has 21 heavy (non-hydrogen) atoms. The van der Waals surface area contributed by atoms with E-state index in [9.17, 15) is 0 Å². The van der Waals surface area contributed by atoms with Crippen molar-refractivity contribution in [2.24, 2.45) is 0 Å². The van der Waals surface area contributed by atoms with Crippen LogP contribution in [0.25, 0.3) is 0 Å². The van der Waals surface area contributed by atoms with Gasteiger partial charge in [0.1, 0.15) is 5.82 Å². The van der Waals surface area contributed by atoms with Crippen molar-refractivity contribution >= 4 is 23.1 Å². The Hall–Kier alpha value is -1.54. The van der Waals surface area contributed by atoms with Gasteiger partial charge in [-0.25, -0.2) is 4.98 Å². The van der Waals surface area contributed by atoms with Gasteiger partial charge in [-0.05, 0) is 35.7 Å². The normalized spacial score (nSPS) is 14.4. The lowest BCUT2D eigenvalue weighted by Gasteiger charge is -2.24. The highest BCUT2D eigenvalue weighted by atomic mass is 35.5. The van der Waals surface area contributed by atoms with Crippen molar-refractivity contribution in [2.75, 3.05) is 11.4 Å². The summed E-state index contributed by atoms with van der Waals surface area (Å²) < 4.78 is 0. The van der Waals surface area contributed by atoms with Crippen LogP contribution >= 0.6 is 11.6 Å². The Morgan fingerprint density at radius 1 is 1.19 bits per heavy atom. The molecule has 0 radical (unpaired) electrons. The standard InChI is InChI=1S/C18H21ClN2/c1-18(2,3)16-10-13(12-19)11-17(20-16)21-9-8-14-6-4-5-7-15(14)21/h4-7,10-11H,8-9,12H2,1-3H3.